The number of carbonyl (C=O) groups is 1. The van der Waals surface area contributed by atoms with Gasteiger partial charge in [-0.15, -0.1) is 0 Å². The van der Waals surface area contributed by atoms with Gasteiger partial charge in [0.25, 0.3) is 5.91 Å². The Bertz CT molecular complexity index is 976. The van der Waals surface area contributed by atoms with Gasteiger partial charge in [0.2, 0.25) is 0 Å². The van der Waals surface area contributed by atoms with E-state index in [4.69, 9.17) is 13.9 Å². The zero-order valence-electron chi connectivity index (χ0n) is 14.6. The van der Waals surface area contributed by atoms with Gasteiger partial charge < -0.3 is 19.2 Å². The standard InChI is InChI=1S/C20H19NO5/c1-3-24-15-6-4-14(5-7-15)21-19(22)12-25-16-8-9-17-13(2)10-20(23)26-18(17)11-16/h4-11H,3,12H2,1-2H3,(H,21,22). The first-order valence-electron chi connectivity index (χ1n) is 8.25. The maximum absolute atomic E-state index is 12.0. The van der Waals surface area contributed by atoms with Gasteiger partial charge >= 0.3 is 5.63 Å². The first-order chi connectivity index (χ1) is 12.5. The molecule has 0 aliphatic heterocycles. The summed E-state index contributed by atoms with van der Waals surface area (Å²) in [7, 11) is 0. The van der Waals surface area contributed by atoms with Gasteiger partial charge in [0.1, 0.15) is 17.1 Å². The molecule has 0 unspecified atom stereocenters. The second-order valence-corrected chi connectivity index (χ2v) is 5.70. The Labute approximate surface area is 150 Å². The Morgan fingerprint density at radius 1 is 1.04 bits per heavy atom. The highest BCUT2D eigenvalue weighted by Crippen LogP contribution is 2.22. The number of anilines is 1. The van der Waals surface area contributed by atoms with Crippen LogP contribution >= 0.6 is 0 Å². The Kier molecular flexibility index (Phi) is 5.22. The van der Waals surface area contributed by atoms with E-state index in [0.717, 1.165) is 16.7 Å². The van der Waals surface area contributed by atoms with Crippen LogP contribution in [-0.2, 0) is 4.79 Å². The summed E-state index contributed by atoms with van der Waals surface area (Å²) in [5, 5.41) is 3.57. The normalized spacial score (nSPS) is 10.5. The summed E-state index contributed by atoms with van der Waals surface area (Å²) in [6, 6.07) is 13.7. The molecular formula is C20H19NO5. The molecule has 1 aromatic heterocycles. The summed E-state index contributed by atoms with van der Waals surface area (Å²) >= 11 is 0. The highest BCUT2D eigenvalue weighted by atomic mass is 16.5. The average molecular weight is 353 g/mol. The number of amides is 1. The van der Waals surface area contributed by atoms with Crippen molar-refractivity contribution in [2.45, 2.75) is 13.8 Å². The summed E-state index contributed by atoms with van der Waals surface area (Å²) in [5.74, 6) is 0.905. The lowest BCUT2D eigenvalue weighted by atomic mass is 10.1. The molecule has 2 aromatic carbocycles. The van der Waals surface area contributed by atoms with Crippen LogP contribution in [0.1, 0.15) is 12.5 Å². The Hall–Kier alpha value is -3.28. The molecule has 0 fully saturated rings. The van der Waals surface area contributed by atoms with E-state index in [-0.39, 0.29) is 12.5 Å². The van der Waals surface area contributed by atoms with Crippen molar-refractivity contribution in [2.75, 3.05) is 18.5 Å². The van der Waals surface area contributed by atoms with Crippen LogP contribution in [0.2, 0.25) is 0 Å². The molecule has 3 rings (SSSR count). The number of hydrogen-bond acceptors (Lipinski definition) is 5. The van der Waals surface area contributed by atoms with Crippen molar-refractivity contribution in [1.29, 1.82) is 0 Å². The topological polar surface area (TPSA) is 77.8 Å². The zero-order valence-corrected chi connectivity index (χ0v) is 14.6. The maximum atomic E-state index is 12.0. The van der Waals surface area contributed by atoms with Gasteiger partial charge in [-0.1, -0.05) is 0 Å². The van der Waals surface area contributed by atoms with E-state index in [0.29, 0.717) is 23.6 Å². The zero-order chi connectivity index (χ0) is 18.5. The largest absolute Gasteiger partial charge is 0.494 e. The van der Waals surface area contributed by atoms with E-state index in [1.54, 1.807) is 42.5 Å². The smallest absolute Gasteiger partial charge is 0.336 e. The number of rotatable bonds is 6. The van der Waals surface area contributed by atoms with E-state index in [2.05, 4.69) is 5.32 Å². The molecule has 1 N–H and O–H groups in total. The molecule has 0 atom stereocenters. The Balaban J connectivity index is 1.62. The molecule has 26 heavy (non-hydrogen) atoms. The number of nitrogens with one attached hydrogen (secondary N) is 1. The van der Waals surface area contributed by atoms with Gasteiger partial charge in [-0.2, -0.15) is 0 Å². The van der Waals surface area contributed by atoms with Crippen molar-refractivity contribution in [3.8, 4) is 11.5 Å². The lowest BCUT2D eigenvalue weighted by molar-refractivity contribution is -0.118. The number of aryl methyl sites for hydroxylation is 1. The minimum Gasteiger partial charge on any atom is -0.494 e. The van der Waals surface area contributed by atoms with Gasteiger partial charge in [-0.25, -0.2) is 4.79 Å². The van der Waals surface area contributed by atoms with Crippen LogP contribution in [0.4, 0.5) is 5.69 Å². The third-order valence-electron chi connectivity index (χ3n) is 3.74. The summed E-state index contributed by atoms with van der Waals surface area (Å²) in [5.41, 5.74) is 1.50. The number of benzene rings is 2. The monoisotopic (exact) mass is 353 g/mol. The van der Waals surface area contributed by atoms with Crippen LogP contribution in [0.25, 0.3) is 11.0 Å². The Morgan fingerprint density at radius 3 is 2.50 bits per heavy atom. The average Bonchev–Trinajstić information content (AvgIpc) is 2.61. The SMILES string of the molecule is CCOc1ccc(NC(=O)COc2ccc3c(C)cc(=O)oc3c2)cc1. The molecule has 1 amide bonds. The van der Waals surface area contributed by atoms with Gasteiger partial charge in [-0.05, 0) is 55.8 Å². The van der Waals surface area contributed by atoms with Crippen molar-refractivity contribution >= 4 is 22.6 Å². The quantitative estimate of drug-likeness (QED) is 0.686. The third kappa shape index (κ3) is 4.22. The molecule has 0 bridgehead atoms. The fourth-order valence-corrected chi connectivity index (χ4v) is 2.54. The third-order valence-corrected chi connectivity index (χ3v) is 3.74. The number of ether oxygens (including phenoxy) is 2. The fourth-order valence-electron chi connectivity index (χ4n) is 2.54. The second kappa shape index (κ2) is 7.74. The van der Waals surface area contributed by atoms with Crippen LogP contribution in [0.15, 0.2) is 57.7 Å². The van der Waals surface area contributed by atoms with E-state index < -0.39 is 5.63 Å². The maximum Gasteiger partial charge on any atom is 0.336 e. The van der Waals surface area contributed by atoms with Gasteiger partial charge in [0, 0.05) is 23.2 Å². The highest BCUT2D eigenvalue weighted by molar-refractivity contribution is 5.92. The molecule has 6 heteroatoms. The minimum absolute atomic E-state index is 0.158. The molecule has 0 saturated heterocycles. The summed E-state index contributed by atoms with van der Waals surface area (Å²) < 4.78 is 16.0. The van der Waals surface area contributed by atoms with Crippen molar-refractivity contribution in [2.24, 2.45) is 0 Å². The number of carbonyl (C=O) groups excluding carboxylic acids is 1. The molecule has 134 valence electrons. The minimum atomic E-state index is -0.416. The van der Waals surface area contributed by atoms with Crippen LogP contribution in [0.5, 0.6) is 11.5 Å². The predicted octanol–water partition coefficient (Wildman–Crippen LogP) is 3.52. The second-order valence-electron chi connectivity index (χ2n) is 5.70. The lowest BCUT2D eigenvalue weighted by Gasteiger charge is -2.09. The predicted molar refractivity (Wildman–Crippen MR) is 99.0 cm³/mol. The number of hydrogen-bond donors (Lipinski definition) is 1. The van der Waals surface area contributed by atoms with Crippen molar-refractivity contribution < 1.29 is 18.7 Å². The molecule has 0 aliphatic carbocycles. The fraction of sp³-hybridized carbons (Fsp3) is 0.200. The van der Waals surface area contributed by atoms with Gasteiger partial charge in [0.15, 0.2) is 6.61 Å². The van der Waals surface area contributed by atoms with E-state index >= 15 is 0 Å². The highest BCUT2D eigenvalue weighted by Gasteiger charge is 2.07. The van der Waals surface area contributed by atoms with Crippen molar-refractivity contribution in [3.05, 3.63) is 64.5 Å². The molecule has 6 nitrogen and oxygen atoms in total. The molecular weight excluding hydrogens is 334 g/mol. The van der Waals surface area contributed by atoms with Gasteiger partial charge in [0.05, 0.1) is 6.61 Å². The molecule has 0 radical (unpaired) electrons. The summed E-state index contributed by atoms with van der Waals surface area (Å²) in [4.78, 5) is 23.5. The van der Waals surface area contributed by atoms with Crippen molar-refractivity contribution in [3.63, 3.8) is 0 Å². The van der Waals surface area contributed by atoms with Crippen LogP contribution in [-0.4, -0.2) is 19.1 Å². The molecule has 0 spiro atoms. The van der Waals surface area contributed by atoms with Crippen LogP contribution < -0.4 is 20.4 Å². The molecule has 3 aromatic rings. The first-order valence-corrected chi connectivity index (χ1v) is 8.25. The number of fused-ring (bicyclic) bond motifs is 1. The summed E-state index contributed by atoms with van der Waals surface area (Å²) in [6.07, 6.45) is 0. The van der Waals surface area contributed by atoms with E-state index in [1.807, 2.05) is 13.8 Å². The molecule has 1 heterocycles. The van der Waals surface area contributed by atoms with Crippen LogP contribution in [0, 0.1) is 6.92 Å². The lowest BCUT2D eigenvalue weighted by Crippen LogP contribution is -2.20. The first kappa shape index (κ1) is 17.5. The van der Waals surface area contributed by atoms with E-state index in [1.165, 1.54) is 6.07 Å². The van der Waals surface area contributed by atoms with Crippen LogP contribution in [0.3, 0.4) is 0 Å². The molecule has 0 aliphatic rings. The molecule has 0 saturated carbocycles. The van der Waals surface area contributed by atoms with Gasteiger partial charge in [-0.3, -0.25) is 4.79 Å². The Morgan fingerprint density at radius 2 is 1.77 bits per heavy atom. The van der Waals surface area contributed by atoms with Crippen molar-refractivity contribution in [1.82, 2.24) is 0 Å². The van der Waals surface area contributed by atoms with E-state index in [9.17, 15) is 9.59 Å². The summed E-state index contributed by atoms with van der Waals surface area (Å²) in [6.45, 7) is 4.18.